The van der Waals surface area contributed by atoms with Gasteiger partial charge in [0.05, 0.1) is 20.3 Å². The maximum atomic E-state index is 10.3. The van der Waals surface area contributed by atoms with E-state index in [2.05, 4.69) is 14.0 Å². The second-order valence-electron chi connectivity index (χ2n) is 9.89. The summed E-state index contributed by atoms with van der Waals surface area (Å²) in [6.07, 6.45) is 22.7. The number of unbranched alkanes of at least 4 members (excludes halogenated alkanes) is 15. The van der Waals surface area contributed by atoms with Gasteiger partial charge in [0.2, 0.25) is 0 Å². The van der Waals surface area contributed by atoms with Crippen LogP contribution in [0.5, 0.6) is 0 Å². The van der Waals surface area contributed by atoms with E-state index in [9.17, 15) is 5.11 Å². The van der Waals surface area contributed by atoms with Crippen LogP contribution in [-0.2, 0) is 4.74 Å². The van der Waals surface area contributed by atoms with Crippen molar-refractivity contribution in [2.45, 2.75) is 116 Å². The zero-order valence-corrected chi connectivity index (χ0v) is 21.4. The van der Waals surface area contributed by atoms with Crippen LogP contribution in [0.15, 0.2) is 0 Å². The highest BCUT2D eigenvalue weighted by Crippen LogP contribution is 2.16. The molecule has 1 saturated heterocycles. The van der Waals surface area contributed by atoms with Gasteiger partial charge < -0.3 is 14.3 Å². The molecule has 180 valence electrons. The van der Waals surface area contributed by atoms with E-state index in [0.29, 0.717) is 0 Å². The number of morpholine rings is 1. The summed E-state index contributed by atoms with van der Waals surface area (Å²) in [7, 11) is 2.26. The van der Waals surface area contributed by atoms with Crippen LogP contribution in [0, 0.1) is 0 Å². The Balaban J connectivity index is 1.74. The first-order valence-corrected chi connectivity index (χ1v) is 14.5. The average Bonchev–Trinajstić information content (AvgIpc) is 2.73. The van der Waals surface area contributed by atoms with Crippen molar-refractivity contribution in [1.29, 1.82) is 0 Å². The zero-order chi connectivity index (χ0) is 21.8. The lowest BCUT2D eigenvalue weighted by Crippen LogP contribution is -2.55. The second kappa shape index (κ2) is 19.9. The molecule has 0 amide bonds. The van der Waals surface area contributed by atoms with Crippen molar-refractivity contribution in [3.8, 4) is 0 Å². The molecular weight excluding hydrogens is 390 g/mol. The Hall–Kier alpha value is 0.230. The summed E-state index contributed by atoms with van der Waals surface area (Å²) in [5.41, 5.74) is 0. The van der Waals surface area contributed by atoms with E-state index in [1.165, 1.54) is 108 Å². The van der Waals surface area contributed by atoms with Crippen molar-refractivity contribution < 1.29 is 14.3 Å². The van der Waals surface area contributed by atoms with Gasteiger partial charge in [0.1, 0.15) is 25.7 Å². The number of quaternary nitrogens is 1. The summed E-state index contributed by atoms with van der Waals surface area (Å²) in [5.74, 6) is 2.11. The minimum absolute atomic E-state index is 0.167. The van der Waals surface area contributed by atoms with Gasteiger partial charge in [0, 0.05) is 5.75 Å². The third-order valence-corrected chi connectivity index (χ3v) is 7.85. The molecule has 0 aromatic rings. The third-order valence-electron chi connectivity index (χ3n) is 6.65. The van der Waals surface area contributed by atoms with Crippen LogP contribution < -0.4 is 0 Å². The number of hydrogen-bond donors (Lipinski definition) is 1. The minimum atomic E-state index is -0.167. The fraction of sp³-hybridized carbons (Fsp3) is 1.00. The van der Waals surface area contributed by atoms with E-state index in [-0.39, 0.29) is 6.10 Å². The Morgan fingerprint density at radius 3 is 1.63 bits per heavy atom. The summed E-state index contributed by atoms with van der Waals surface area (Å²) in [6, 6.07) is 0. The first-order valence-electron chi connectivity index (χ1n) is 13.3. The van der Waals surface area contributed by atoms with Gasteiger partial charge in [-0.15, -0.1) is 0 Å². The Kier molecular flexibility index (Phi) is 18.7. The first kappa shape index (κ1) is 28.3. The molecule has 1 N–H and O–H groups in total. The summed E-state index contributed by atoms with van der Waals surface area (Å²) in [6.45, 7) is 6.95. The molecule has 0 spiro atoms. The molecule has 1 aliphatic heterocycles. The number of likely N-dealkylation sites (N-methyl/N-ethyl adjacent to an activating group) is 1. The van der Waals surface area contributed by atoms with E-state index in [4.69, 9.17) is 4.74 Å². The Bertz CT molecular complexity index is 361. The lowest BCUT2D eigenvalue weighted by atomic mass is 10.0. The first-order chi connectivity index (χ1) is 14.7. The van der Waals surface area contributed by atoms with Gasteiger partial charge in [-0.25, -0.2) is 0 Å². The van der Waals surface area contributed by atoms with Crippen LogP contribution in [-0.4, -0.2) is 67.1 Å². The number of hydrogen-bond acceptors (Lipinski definition) is 3. The molecule has 1 rings (SSSR count). The molecule has 4 heteroatoms. The molecular formula is C26H54NO2S+. The van der Waals surface area contributed by atoms with Gasteiger partial charge in [0.15, 0.2) is 0 Å². The van der Waals surface area contributed by atoms with E-state index >= 15 is 0 Å². The van der Waals surface area contributed by atoms with Crippen LogP contribution in [0.4, 0.5) is 0 Å². The molecule has 30 heavy (non-hydrogen) atoms. The zero-order valence-electron chi connectivity index (χ0n) is 20.6. The van der Waals surface area contributed by atoms with Gasteiger partial charge >= 0.3 is 0 Å². The smallest absolute Gasteiger partial charge is 0.112 e. The molecule has 1 fully saturated rings. The number of nitrogens with zero attached hydrogens (tertiary/aromatic N) is 1. The van der Waals surface area contributed by atoms with Crippen LogP contribution in [0.25, 0.3) is 0 Å². The van der Waals surface area contributed by atoms with Gasteiger partial charge in [-0.3, -0.25) is 0 Å². The van der Waals surface area contributed by atoms with Gasteiger partial charge in [0.25, 0.3) is 0 Å². The summed E-state index contributed by atoms with van der Waals surface area (Å²) in [4.78, 5) is 0. The van der Waals surface area contributed by atoms with Crippen molar-refractivity contribution >= 4 is 11.8 Å². The molecule has 0 saturated carbocycles. The predicted octanol–water partition coefficient (Wildman–Crippen LogP) is 6.82. The normalized spacial score (nSPS) is 17.3. The van der Waals surface area contributed by atoms with Crippen molar-refractivity contribution in [2.75, 3.05) is 51.4 Å². The lowest BCUT2D eigenvalue weighted by molar-refractivity contribution is -0.919. The number of ether oxygens (including phenoxy) is 1. The predicted molar refractivity (Wildman–Crippen MR) is 134 cm³/mol. The largest absolute Gasteiger partial charge is 0.386 e. The highest BCUT2D eigenvalue weighted by molar-refractivity contribution is 7.99. The number of aliphatic hydroxyl groups excluding tert-OH is 1. The van der Waals surface area contributed by atoms with Crippen LogP contribution in [0.2, 0.25) is 0 Å². The van der Waals surface area contributed by atoms with Crippen LogP contribution in [0.1, 0.15) is 110 Å². The maximum absolute atomic E-state index is 10.3. The fourth-order valence-corrected chi connectivity index (χ4v) is 5.45. The number of thioether (sulfide) groups is 1. The Morgan fingerprint density at radius 1 is 0.733 bits per heavy atom. The van der Waals surface area contributed by atoms with E-state index in [1.54, 1.807) is 0 Å². The lowest BCUT2D eigenvalue weighted by Gasteiger charge is -2.38. The fourth-order valence-electron chi connectivity index (χ4n) is 4.50. The number of aliphatic hydroxyl groups is 1. The van der Waals surface area contributed by atoms with Crippen LogP contribution in [0.3, 0.4) is 0 Å². The van der Waals surface area contributed by atoms with E-state index in [1.807, 2.05) is 11.8 Å². The summed E-state index contributed by atoms with van der Waals surface area (Å²) >= 11 is 1.94. The molecule has 0 aliphatic carbocycles. The van der Waals surface area contributed by atoms with Crippen molar-refractivity contribution in [3.63, 3.8) is 0 Å². The molecule has 3 nitrogen and oxygen atoms in total. The Labute approximate surface area is 193 Å². The molecule has 0 aromatic heterocycles. The molecule has 0 radical (unpaired) electrons. The summed E-state index contributed by atoms with van der Waals surface area (Å²) in [5, 5.41) is 10.3. The molecule has 1 heterocycles. The van der Waals surface area contributed by atoms with Crippen molar-refractivity contribution in [1.82, 2.24) is 0 Å². The van der Waals surface area contributed by atoms with Crippen LogP contribution >= 0.6 is 11.8 Å². The topological polar surface area (TPSA) is 29.5 Å². The SMILES string of the molecule is CCCCCCCCCCCCCCCCCCSCC(O)C[N+]1(C)CCOCC1. The van der Waals surface area contributed by atoms with E-state index < -0.39 is 0 Å². The van der Waals surface area contributed by atoms with E-state index in [0.717, 1.165) is 43.1 Å². The van der Waals surface area contributed by atoms with Gasteiger partial charge in [-0.1, -0.05) is 103 Å². The molecule has 1 atom stereocenters. The molecule has 1 unspecified atom stereocenters. The highest BCUT2D eigenvalue weighted by atomic mass is 32.2. The average molecular weight is 445 g/mol. The third kappa shape index (κ3) is 16.9. The van der Waals surface area contributed by atoms with Gasteiger partial charge in [-0.2, -0.15) is 11.8 Å². The molecule has 1 aliphatic rings. The standard InChI is InChI=1S/C26H54NO2S/c1-3-4-5-6-7-8-9-10-11-12-13-14-15-16-17-18-23-30-25-26(28)24-27(2)19-21-29-22-20-27/h26,28H,3-25H2,1-2H3/q+1. The molecule has 0 aromatic carbocycles. The maximum Gasteiger partial charge on any atom is 0.112 e. The quantitative estimate of drug-likeness (QED) is 0.156. The minimum Gasteiger partial charge on any atom is -0.386 e. The second-order valence-corrected chi connectivity index (χ2v) is 11.0. The monoisotopic (exact) mass is 444 g/mol. The Morgan fingerprint density at radius 2 is 1.17 bits per heavy atom. The van der Waals surface area contributed by atoms with Crippen molar-refractivity contribution in [3.05, 3.63) is 0 Å². The molecule has 0 bridgehead atoms. The highest BCUT2D eigenvalue weighted by Gasteiger charge is 2.27. The number of rotatable bonds is 21. The van der Waals surface area contributed by atoms with Crippen molar-refractivity contribution in [2.24, 2.45) is 0 Å². The summed E-state index contributed by atoms with van der Waals surface area (Å²) < 4.78 is 6.42. The van der Waals surface area contributed by atoms with Gasteiger partial charge in [-0.05, 0) is 12.2 Å².